The first-order valence-corrected chi connectivity index (χ1v) is 7.76. The smallest absolute Gasteiger partial charge is 0.346 e. The molecule has 8 nitrogen and oxygen atoms in total. The minimum atomic E-state index is -1.03. The van der Waals surface area contributed by atoms with Crippen molar-refractivity contribution in [1.29, 1.82) is 0 Å². The third kappa shape index (κ3) is 2.74. The molecular weight excluding hydrogens is 356 g/mol. The second-order valence-corrected chi connectivity index (χ2v) is 6.22. The van der Waals surface area contributed by atoms with E-state index in [1.165, 1.54) is 24.5 Å². The Labute approximate surface area is 143 Å². The van der Waals surface area contributed by atoms with Gasteiger partial charge in [0, 0.05) is 12.1 Å². The van der Waals surface area contributed by atoms with Crippen molar-refractivity contribution in [1.82, 2.24) is 9.97 Å². The predicted octanol–water partition coefficient (Wildman–Crippen LogP) is 4.00. The number of nitrogens with one attached hydrogen (secondary N) is 1. The van der Waals surface area contributed by atoms with E-state index in [0.29, 0.717) is 27.3 Å². The first-order valence-electron chi connectivity index (χ1n) is 6.57. The van der Waals surface area contributed by atoms with Crippen molar-refractivity contribution in [2.24, 2.45) is 0 Å². The summed E-state index contributed by atoms with van der Waals surface area (Å²) in [5, 5.41) is 23.7. The number of fused-ring (bicyclic) bond motifs is 1. The third-order valence-electron chi connectivity index (χ3n) is 3.34. The molecule has 3 aromatic rings. The summed E-state index contributed by atoms with van der Waals surface area (Å²) in [6, 6.07) is 4.01. The number of hydrogen-bond acceptors (Lipinski definition) is 7. The maximum absolute atomic E-state index is 11.3. The van der Waals surface area contributed by atoms with E-state index in [9.17, 15) is 20.0 Å². The number of halogens is 1. The topological polar surface area (TPSA) is 118 Å². The number of hydrogen-bond donors (Lipinski definition) is 2. The van der Waals surface area contributed by atoms with Gasteiger partial charge in [0.05, 0.1) is 21.0 Å². The van der Waals surface area contributed by atoms with Gasteiger partial charge in [-0.3, -0.25) is 10.1 Å². The maximum Gasteiger partial charge on any atom is 0.346 e. The molecule has 0 aliphatic heterocycles. The fourth-order valence-corrected chi connectivity index (χ4v) is 3.43. The van der Waals surface area contributed by atoms with E-state index in [2.05, 4.69) is 15.3 Å². The second-order valence-electron chi connectivity index (χ2n) is 4.81. The van der Waals surface area contributed by atoms with Crippen LogP contribution in [0.4, 0.5) is 17.2 Å². The Hall–Kier alpha value is -2.78. The molecule has 122 valence electrons. The summed E-state index contributed by atoms with van der Waals surface area (Å²) in [7, 11) is 0. The number of carboxylic acids is 1. The molecule has 0 saturated heterocycles. The fourth-order valence-electron chi connectivity index (χ4n) is 2.22. The van der Waals surface area contributed by atoms with Gasteiger partial charge in [-0.15, -0.1) is 11.3 Å². The van der Waals surface area contributed by atoms with E-state index < -0.39 is 10.9 Å². The number of carboxylic acid groups (broad SMARTS) is 1. The molecule has 0 spiro atoms. The molecule has 3 rings (SSSR count). The van der Waals surface area contributed by atoms with Crippen LogP contribution in [0.5, 0.6) is 0 Å². The molecule has 0 unspecified atom stereocenters. The molecular formula is C14H9ClN4O4S. The Morgan fingerprint density at radius 3 is 2.79 bits per heavy atom. The Balaban J connectivity index is 2.08. The van der Waals surface area contributed by atoms with Gasteiger partial charge in [0.2, 0.25) is 0 Å². The summed E-state index contributed by atoms with van der Waals surface area (Å²) in [4.78, 5) is 30.4. The number of nitrogens with zero attached hydrogens (tertiary/aromatic N) is 3. The van der Waals surface area contributed by atoms with Crippen molar-refractivity contribution >= 4 is 56.3 Å². The maximum atomic E-state index is 11.3. The fraction of sp³-hybridized carbons (Fsp3) is 0.0714. The van der Waals surface area contributed by atoms with Crippen LogP contribution in [0.15, 0.2) is 24.5 Å². The largest absolute Gasteiger partial charge is 0.477 e. The predicted molar refractivity (Wildman–Crippen MR) is 90.5 cm³/mol. The molecule has 10 heteroatoms. The van der Waals surface area contributed by atoms with Crippen LogP contribution in [0.3, 0.4) is 0 Å². The average molecular weight is 365 g/mol. The van der Waals surface area contributed by atoms with Gasteiger partial charge in [0.1, 0.15) is 21.9 Å². The highest BCUT2D eigenvalue weighted by atomic mass is 35.5. The van der Waals surface area contributed by atoms with Gasteiger partial charge in [-0.2, -0.15) is 0 Å². The lowest BCUT2D eigenvalue weighted by molar-refractivity contribution is -0.384. The molecule has 0 atom stereocenters. The third-order valence-corrected chi connectivity index (χ3v) is 4.84. The standard InChI is InChI=1S/C14H9ClN4O4S/c1-6-10-12(16-5-17-13(10)24-11(6)14(20)21)18-9-3-2-7(19(22)23)4-8(9)15/h2-5H,1H3,(H,20,21)(H,16,17,18). The van der Waals surface area contributed by atoms with E-state index in [1.54, 1.807) is 6.92 Å². The number of aromatic nitrogens is 2. The van der Waals surface area contributed by atoms with Gasteiger partial charge in [-0.25, -0.2) is 14.8 Å². The number of thiophene rings is 1. The van der Waals surface area contributed by atoms with Crippen molar-refractivity contribution in [2.45, 2.75) is 6.92 Å². The molecule has 0 bridgehead atoms. The minimum absolute atomic E-state index is 0.127. The summed E-state index contributed by atoms with van der Waals surface area (Å²) in [6.07, 6.45) is 1.31. The Morgan fingerprint density at radius 1 is 1.42 bits per heavy atom. The monoisotopic (exact) mass is 364 g/mol. The lowest BCUT2D eigenvalue weighted by Crippen LogP contribution is -1.98. The van der Waals surface area contributed by atoms with Gasteiger partial charge >= 0.3 is 5.97 Å². The van der Waals surface area contributed by atoms with E-state index >= 15 is 0 Å². The molecule has 0 aliphatic carbocycles. The highest BCUT2D eigenvalue weighted by Gasteiger charge is 2.19. The number of aromatic carboxylic acids is 1. The van der Waals surface area contributed by atoms with Gasteiger partial charge in [-0.05, 0) is 18.6 Å². The molecule has 1 aromatic carbocycles. The van der Waals surface area contributed by atoms with Crippen molar-refractivity contribution < 1.29 is 14.8 Å². The lowest BCUT2D eigenvalue weighted by Gasteiger charge is -2.09. The highest BCUT2D eigenvalue weighted by molar-refractivity contribution is 7.20. The van der Waals surface area contributed by atoms with E-state index in [4.69, 9.17) is 11.6 Å². The summed E-state index contributed by atoms with van der Waals surface area (Å²) < 4.78 is 0. The van der Waals surface area contributed by atoms with Crippen LogP contribution < -0.4 is 5.32 Å². The number of non-ortho nitro benzene ring substituents is 1. The first-order chi connectivity index (χ1) is 11.4. The van der Waals surface area contributed by atoms with Crippen LogP contribution in [-0.2, 0) is 0 Å². The van der Waals surface area contributed by atoms with E-state index in [0.717, 1.165) is 11.3 Å². The Kier molecular flexibility index (Phi) is 4.04. The van der Waals surface area contributed by atoms with Gasteiger partial charge < -0.3 is 10.4 Å². The molecule has 0 fully saturated rings. The van der Waals surface area contributed by atoms with Gasteiger partial charge in [-0.1, -0.05) is 11.6 Å². The van der Waals surface area contributed by atoms with Crippen molar-refractivity contribution in [2.75, 3.05) is 5.32 Å². The zero-order valence-electron chi connectivity index (χ0n) is 12.1. The molecule has 2 aromatic heterocycles. The van der Waals surface area contributed by atoms with E-state index in [-0.39, 0.29) is 15.6 Å². The minimum Gasteiger partial charge on any atom is -0.477 e. The Morgan fingerprint density at radius 2 is 2.17 bits per heavy atom. The molecule has 24 heavy (non-hydrogen) atoms. The highest BCUT2D eigenvalue weighted by Crippen LogP contribution is 2.36. The molecule has 0 radical (unpaired) electrons. The normalized spacial score (nSPS) is 10.8. The zero-order valence-corrected chi connectivity index (χ0v) is 13.7. The van der Waals surface area contributed by atoms with Crippen molar-refractivity contribution in [3.63, 3.8) is 0 Å². The van der Waals surface area contributed by atoms with Crippen LogP contribution in [-0.4, -0.2) is 26.0 Å². The summed E-state index contributed by atoms with van der Waals surface area (Å²) in [5.74, 6) is -0.646. The molecule has 2 heterocycles. The SMILES string of the molecule is Cc1c(C(=O)O)sc2ncnc(Nc3ccc([N+](=O)[O-])cc3Cl)c12. The number of aryl methyl sites for hydroxylation is 1. The lowest BCUT2D eigenvalue weighted by atomic mass is 10.2. The Bertz CT molecular complexity index is 988. The average Bonchev–Trinajstić information content (AvgIpc) is 2.87. The number of rotatable bonds is 4. The van der Waals surface area contributed by atoms with Crippen LogP contribution in [0.1, 0.15) is 15.2 Å². The number of nitro benzene ring substituents is 1. The van der Waals surface area contributed by atoms with Crippen molar-refractivity contribution in [3.05, 3.63) is 50.1 Å². The summed E-state index contributed by atoms with van der Waals surface area (Å²) in [6.45, 7) is 1.67. The molecule has 0 amide bonds. The van der Waals surface area contributed by atoms with Crippen LogP contribution in [0.2, 0.25) is 5.02 Å². The summed E-state index contributed by atoms with van der Waals surface area (Å²) in [5.41, 5.74) is 0.839. The second kappa shape index (κ2) is 6.02. The number of carbonyl (C=O) groups is 1. The van der Waals surface area contributed by atoms with Crippen molar-refractivity contribution in [3.8, 4) is 0 Å². The quantitative estimate of drug-likeness (QED) is 0.530. The van der Waals surface area contributed by atoms with Gasteiger partial charge in [0.25, 0.3) is 5.69 Å². The molecule has 0 saturated carbocycles. The number of benzene rings is 1. The first kappa shape index (κ1) is 16.1. The summed E-state index contributed by atoms with van der Waals surface area (Å²) >= 11 is 7.12. The zero-order chi connectivity index (χ0) is 17.4. The van der Waals surface area contributed by atoms with Gasteiger partial charge in [0.15, 0.2) is 0 Å². The molecule has 2 N–H and O–H groups in total. The number of anilines is 2. The van der Waals surface area contributed by atoms with E-state index in [1.807, 2.05) is 0 Å². The van der Waals surface area contributed by atoms with Crippen LogP contribution in [0, 0.1) is 17.0 Å². The molecule has 0 aliphatic rings. The number of nitro groups is 1. The van der Waals surface area contributed by atoms with Crippen LogP contribution in [0.25, 0.3) is 10.2 Å². The van der Waals surface area contributed by atoms with Crippen LogP contribution >= 0.6 is 22.9 Å².